The first-order valence-electron chi connectivity index (χ1n) is 9.14. The van der Waals surface area contributed by atoms with Gasteiger partial charge in [-0.3, -0.25) is 0 Å². The molecule has 0 amide bonds. The molecule has 0 N–H and O–H groups in total. The third-order valence-electron chi connectivity index (χ3n) is 4.20. The van der Waals surface area contributed by atoms with Crippen molar-refractivity contribution in [2.75, 3.05) is 0 Å². The zero-order chi connectivity index (χ0) is 18.4. The molecule has 0 aliphatic rings. The quantitative estimate of drug-likeness (QED) is 0.148. The molecule has 0 bridgehead atoms. The summed E-state index contributed by atoms with van der Waals surface area (Å²) < 4.78 is 0. The van der Waals surface area contributed by atoms with E-state index in [2.05, 4.69) is 70.6 Å². The van der Waals surface area contributed by atoms with Crippen molar-refractivity contribution in [1.29, 1.82) is 0 Å². The van der Waals surface area contributed by atoms with Crippen molar-refractivity contribution in [2.24, 2.45) is 0 Å². The molecule has 0 rings (SSSR count). The minimum atomic E-state index is -0.928. The maximum Gasteiger partial charge on any atom is 1.00 e. The predicted molar refractivity (Wildman–Crippen MR) is 117 cm³/mol. The maximum atomic E-state index is 10.3. The van der Waals surface area contributed by atoms with Crippen LogP contribution in [0.15, 0.2) is 0 Å². The number of carboxylic acid groups (broad SMARTS) is 1. The van der Waals surface area contributed by atoms with E-state index in [0.717, 1.165) is 32.1 Å². The Bertz CT molecular complexity index is 321. The number of rotatable bonds is 16. The van der Waals surface area contributed by atoms with Gasteiger partial charge in [-0.25, -0.2) is 0 Å². The van der Waals surface area contributed by atoms with Crippen molar-refractivity contribution >= 4 is 69.7 Å². The number of hydrogen-bond donors (Lipinski definition) is 0. The molecular formula is C18H31Br4KO2. The number of carboxylic acids is 1. The van der Waals surface area contributed by atoms with E-state index in [4.69, 9.17) is 0 Å². The minimum Gasteiger partial charge on any atom is -0.550 e. The van der Waals surface area contributed by atoms with Gasteiger partial charge in [-0.05, 0) is 38.5 Å². The summed E-state index contributed by atoms with van der Waals surface area (Å²) in [4.78, 5) is 12.4. The van der Waals surface area contributed by atoms with Gasteiger partial charge in [0.15, 0.2) is 0 Å². The molecule has 0 fully saturated rings. The van der Waals surface area contributed by atoms with Crippen LogP contribution in [0.25, 0.3) is 0 Å². The molecule has 0 heterocycles. The molecule has 2 nitrogen and oxygen atoms in total. The van der Waals surface area contributed by atoms with Crippen molar-refractivity contribution in [3.8, 4) is 0 Å². The monoisotopic (exact) mass is 634 g/mol. The van der Waals surface area contributed by atoms with E-state index in [-0.39, 0.29) is 57.8 Å². The summed E-state index contributed by atoms with van der Waals surface area (Å²) in [5.74, 6) is -0.928. The summed E-state index contributed by atoms with van der Waals surface area (Å²) in [7, 11) is 0. The zero-order valence-corrected chi connectivity index (χ0v) is 25.1. The van der Waals surface area contributed by atoms with Gasteiger partial charge in [0.05, 0.1) is 0 Å². The van der Waals surface area contributed by atoms with Gasteiger partial charge in [0.1, 0.15) is 0 Å². The van der Waals surface area contributed by atoms with E-state index in [0.29, 0.717) is 19.3 Å². The molecule has 0 saturated carbocycles. The van der Waals surface area contributed by atoms with E-state index in [9.17, 15) is 9.90 Å². The first-order chi connectivity index (χ1) is 11.4. The molecule has 0 aliphatic carbocycles. The number of unbranched alkanes of at least 4 members (excludes halogenated alkanes) is 5. The van der Waals surface area contributed by atoms with Crippen molar-refractivity contribution in [3.63, 3.8) is 0 Å². The number of aliphatic carboxylic acids is 1. The second kappa shape index (κ2) is 20.3. The van der Waals surface area contributed by atoms with Crippen molar-refractivity contribution in [1.82, 2.24) is 0 Å². The molecule has 144 valence electrons. The summed E-state index contributed by atoms with van der Waals surface area (Å²) in [6.07, 6.45) is 12.7. The van der Waals surface area contributed by atoms with Crippen LogP contribution in [0, 0.1) is 0 Å². The molecule has 0 aliphatic heterocycles. The Morgan fingerprint density at radius 2 is 1.12 bits per heavy atom. The van der Waals surface area contributed by atoms with Crippen molar-refractivity contribution in [3.05, 3.63) is 0 Å². The first-order valence-corrected chi connectivity index (χ1v) is 12.8. The second-order valence-corrected chi connectivity index (χ2v) is 11.2. The Hall–Kier alpha value is 3.03. The van der Waals surface area contributed by atoms with Gasteiger partial charge in [-0.15, -0.1) is 0 Å². The van der Waals surface area contributed by atoms with E-state index >= 15 is 0 Å². The smallest absolute Gasteiger partial charge is 0.550 e. The van der Waals surface area contributed by atoms with Crippen LogP contribution in [-0.2, 0) is 4.79 Å². The number of halogens is 4. The molecule has 0 aromatic rings. The molecule has 0 radical (unpaired) electrons. The second-order valence-electron chi connectivity index (χ2n) is 6.46. The molecule has 0 aromatic carbocycles. The number of hydrogen-bond acceptors (Lipinski definition) is 2. The summed E-state index contributed by atoms with van der Waals surface area (Å²) >= 11 is 15.3. The molecule has 0 aromatic heterocycles. The fourth-order valence-electron chi connectivity index (χ4n) is 2.58. The number of carbonyl (C=O) groups is 1. The average Bonchev–Trinajstić information content (AvgIpc) is 2.55. The first kappa shape index (κ1) is 30.2. The molecule has 4 unspecified atom stereocenters. The largest absolute Gasteiger partial charge is 1.00 e. The SMILES string of the molecule is CCCCC(Br)C(Br)CCC(Br)C(Br)CCCCCCCC(=O)[O-].[K+]. The van der Waals surface area contributed by atoms with Crippen molar-refractivity contribution in [2.45, 2.75) is 103 Å². The Morgan fingerprint density at radius 3 is 1.60 bits per heavy atom. The van der Waals surface area contributed by atoms with Crippen LogP contribution in [0.2, 0.25) is 0 Å². The Labute approximate surface area is 230 Å². The molecule has 0 spiro atoms. The van der Waals surface area contributed by atoms with Gasteiger partial charge in [-0.1, -0.05) is 109 Å². The summed E-state index contributed by atoms with van der Waals surface area (Å²) in [6, 6.07) is 0. The zero-order valence-electron chi connectivity index (χ0n) is 15.6. The summed E-state index contributed by atoms with van der Waals surface area (Å²) in [5, 5.41) is 10.3. The maximum absolute atomic E-state index is 10.3. The van der Waals surface area contributed by atoms with Gasteiger partial charge in [0.25, 0.3) is 0 Å². The average molecular weight is 638 g/mol. The van der Waals surface area contributed by atoms with E-state index in [1.54, 1.807) is 0 Å². The van der Waals surface area contributed by atoms with Crippen LogP contribution in [0.4, 0.5) is 0 Å². The number of alkyl halides is 4. The third kappa shape index (κ3) is 18.8. The van der Waals surface area contributed by atoms with Crippen LogP contribution in [0.3, 0.4) is 0 Å². The van der Waals surface area contributed by atoms with Gasteiger partial charge in [0.2, 0.25) is 0 Å². The Balaban J connectivity index is 0. The molecule has 4 atom stereocenters. The Morgan fingerprint density at radius 1 is 0.720 bits per heavy atom. The van der Waals surface area contributed by atoms with E-state index in [1.165, 1.54) is 38.5 Å². The van der Waals surface area contributed by atoms with E-state index < -0.39 is 5.97 Å². The molecular weight excluding hydrogens is 607 g/mol. The van der Waals surface area contributed by atoms with Gasteiger partial charge >= 0.3 is 51.4 Å². The summed E-state index contributed by atoms with van der Waals surface area (Å²) in [6.45, 7) is 2.23. The predicted octanol–water partition coefficient (Wildman–Crippen LogP) is 3.50. The number of carbonyl (C=O) groups excluding carboxylic acids is 1. The standard InChI is InChI=1S/C18H32Br4O2.K/c1-2-3-9-14(19)16(21)12-13-17(22)15(20)10-7-5-4-6-8-11-18(23)24;/h14-17H,2-13H2,1H3,(H,23,24);/q;+1/p-1. The summed E-state index contributed by atoms with van der Waals surface area (Å²) in [5.41, 5.74) is 0. The van der Waals surface area contributed by atoms with Gasteiger partial charge < -0.3 is 9.90 Å². The van der Waals surface area contributed by atoms with Crippen molar-refractivity contribution < 1.29 is 61.3 Å². The van der Waals surface area contributed by atoms with Crippen LogP contribution < -0.4 is 56.5 Å². The van der Waals surface area contributed by atoms with Crippen LogP contribution in [0.1, 0.15) is 84.0 Å². The van der Waals surface area contributed by atoms with E-state index in [1.807, 2.05) is 0 Å². The van der Waals surface area contributed by atoms with Gasteiger partial charge in [-0.2, -0.15) is 0 Å². The topological polar surface area (TPSA) is 40.1 Å². The molecule has 7 heteroatoms. The third-order valence-corrected chi connectivity index (χ3v) is 10.0. The van der Waals surface area contributed by atoms with Crippen LogP contribution >= 0.6 is 63.7 Å². The molecule has 0 saturated heterocycles. The fraction of sp³-hybridized carbons (Fsp3) is 0.944. The molecule has 25 heavy (non-hydrogen) atoms. The minimum absolute atomic E-state index is 0. The Kier molecular flexibility index (Phi) is 24.5. The van der Waals surface area contributed by atoms with Crippen LogP contribution in [-0.4, -0.2) is 25.3 Å². The van der Waals surface area contributed by atoms with Gasteiger partial charge in [0, 0.05) is 25.3 Å². The normalized spacial score (nSPS) is 15.9. The van der Waals surface area contributed by atoms with Crippen LogP contribution in [0.5, 0.6) is 0 Å². The fourth-order valence-corrected chi connectivity index (χ4v) is 4.81.